The van der Waals surface area contributed by atoms with Crippen molar-refractivity contribution in [2.45, 2.75) is 38.6 Å². The highest BCUT2D eigenvalue weighted by atomic mass is 32.1. The summed E-state index contributed by atoms with van der Waals surface area (Å²) in [6.07, 6.45) is 5.22. The molecule has 2 fully saturated rings. The minimum Gasteiger partial charge on any atom is -0.327 e. The van der Waals surface area contributed by atoms with Gasteiger partial charge in [-0.2, -0.15) is 0 Å². The van der Waals surface area contributed by atoms with Gasteiger partial charge in [0.25, 0.3) is 0 Å². The molecule has 4 atom stereocenters. The molecular formula is C14H23N3S. The van der Waals surface area contributed by atoms with E-state index in [-0.39, 0.29) is 0 Å². The van der Waals surface area contributed by atoms with E-state index in [2.05, 4.69) is 22.6 Å². The molecule has 0 radical (unpaired) electrons. The fourth-order valence-electron chi connectivity index (χ4n) is 3.77. The lowest BCUT2D eigenvalue weighted by molar-refractivity contribution is 0.279. The topological polar surface area (TPSA) is 50.9 Å². The normalized spacial score (nSPS) is 34.3. The van der Waals surface area contributed by atoms with Gasteiger partial charge in [0.15, 0.2) is 0 Å². The minimum absolute atomic E-state index is 0.456. The molecule has 0 aliphatic heterocycles. The van der Waals surface area contributed by atoms with E-state index in [0.717, 1.165) is 37.3 Å². The second-order valence-corrected chi connectivity index (χ2v) is 6.95. The van der Waals surface area contributed by atoms with Crippen molar-refractivity contribution in [3.05, 3.63) is 16.1 Å². The van der Waals surface area contributed by atoms with Gasteiger partial charge in [-0.15, -0.1) is 11.3 Å². The fourth-order valence-corrected chi connectivity index (χ4v) is 4.41. The molecule has 2 saturated carbocycles. The summed E-state index contributed by atoms with van der Waals surface area (Å²) in [5.41, 5.74) is 7.53. The summed E-state index contributed by atoms with van der Waals surface area (Å²) < 4.78 is 0. The van der Waals surface area contributed by atoms with Gasteiger partial charge in [0, 0.05) is 24.4 Å². The Bertz CT molecular complexity index is 401. The second-order valence-electron chi connectivity index (χ2n) is 5.89. The summed E-state index contributed by atoms with van der Waals surface area (Å²) in [6.45, 7) is 4.20. The van der Waals surface area contributed by atoms with Gasteiger partial charge in [0.05, 0.1) is 10.7 Å². The molecule has 0 amide bonds. The first kappa shape index (κ1) is 12.6. The first-order valence-electron chi connectivity index (χ1n) is 7.11. The number of fused-ring (bicyclic) bond motifs is 2. The quantitative estimate of drug-likeness (QED) is 0.800. The van der Waals surface area contributed by atoms with Crippen LogP contribution in [0.25, 0.3) is 0 Å². The van der Waals surface area contributed by atoms with E-state index in [1.54, 1.807) is 11.3 Å². The molecule has 0 aromatic carbocycles. The number of aromatic nitrogens is 1. The van der Waals surface area contributed by atoms with E-state index in [1.807, 2.05) is 0 Å². The maximum atomic E-state index is 6.31. The van der Waals surface area contributed by atoms with Crippen LogP contribution in [0.4, 0.5) is 0 Å². The molecule has 0 saturated heterocycles. The van der Waals surface area contributed by atoms with Crippen LogP contribution in [0, 0.1) is 24.7 Å². The van der Waals surface area contributed by atoms with Crippen LogP contribution < -0.4 is 11.1 Å². The largest absolute Gasteiger partial charge is 0.327 e. The number of nitrogens with one attached hydrogen (secondary N) is 1. The lowest BCUT2D eigenvalue weighted by Crippen LogP contribution is -2.41. The molecule has 2 bridgehead atoms. The van der Waals surface area contributed by atoms with Crippen molar-refractivity contribution in [3.8, 4) is 0 Å². The monoisotopic (exact) mass is 265 g/mol. The number of hydrogen-bond donors (Lipinski definition) is 2. The number of hydrogen-bond acceptors (Lipinski definition) is 4. The lowest BCUT2D eigenvalue weighted by Gasteiger charge is -2.28. The number of nitrogens with zero attached hydrogens (tertiary/aromatic N) is 1. The van der Waals surface area contributed by atoms with Crippen LogP contribution in [0.2, 0.25) is 0 Å². The van der Waals surface area contributed by atoms with Gasteiger partial charge < -0.3 is 11.1 Å². The molecule has 3 nitrogen and oxygen atoms in total. The third kappa shape index (κ3) is 2.46. The van der Waals surface area contributed by atoms with Gasteiger partial charge in [-0.05, 0) is 50.5 Å². The van der Waals surface area contributed by atoms with Gasteiger partial charge in [-0.25, -0.2) is 4.98 Å². The smallest absolute Gasteiger partial charge is 0.0897 e. The van der Waals surface area contributed by atoms with E-state index in [4.69, 9.17) is 5.73 Å². The standard InChI is InChI=1S/C14H23N3S/c1-9-17-12(8-18-9)4-5-16-7-13-10-2-3-11(6-10)14(13)15/h8,10-11,13-14,16H,2-7,15H2,1H3. The Morgan fingerprint density at radius 3 is 2.94 bits per heavy atom. The predicted molar refractivity (Wildman–Crippen MR) is 75.7 cm³/mol. The summed E-state index contributed by atoms with van der Waals surface area (Å²) in [7, 11) is 0. The van der Waals surface area contributed by atoms with Crippen molar-refractivity contribution < 1.29 is 0 Å². The van der Waals surface area contributed by atoms with Crippen molar-refractivity contribution in [1.29, 1.82) is 0 Å². The van der Waals surface area contributed by atoms with Crippen LogP contribution in [0.5, 0.6) is 0 Å². The highest BCUT2D eigenvalue weighted by Crippen LogP contribution is 2.47. The summed E-state index contributed by atoms with van der Waals surface area (Å²) >= 11 is 1.74. The molecule has 2 aliphatic rings. The lowest BCUT2D eigenvalue weighted by atomic mass is 9.85. The zero-order valence-electron chi connectivity index (χ0n) is 11.1. The number of rotatable bonds is 5. The van der Waals surface area contributed by atoms with Crippen molar-refractivity contribution in [2.75, 3.05) is 13.1 Å². The Labute approximate surface area is 113 Å². The fraction of sp³-hybridized carbons (Fsp3) is 0.786. The van der Waals surface area contributed by atoms with Crippen LogP contribution in [-0.2, 0) is 6.42 Å². The molecule has 4 heteroatoms. The van der Waals surface area contributed by atoms with Crippen LogP contribution >= 0.6 is 11.3 Å². The molecule has 1 heterocycles. The third-order valence-corrected chi connectivity index (χ3v) is 5.58. The number of nitrogens with two attached hydrogens (primary N) is 1. The molecule has 1 aromatic heterocycles. The van der Waals surface area contributed by atoms with Crippen LogP contribution in [0.1, 0.15) is 30.0 Å². The maximum Gasteiger partial charge on any atom is 0.0897 e. The van der Waals surface area contributed by atoms with E-state index in [0.29, 0.717) is 6.04 Å². The molecular weight excluding hydrogens is 242 g/mol. The zero-order chi connectivity index (χ0) is 12.5. The van der Waals surface area contributed by atoms with E-state index >= 15 is 0 Å². The summed E-state index contributed by atoms with van der Waals surface area (Å²) in [5.74, 6) is 2.45. The molecule has 0 spiro atoms. The van der Waals surface area contributed by atoms with Crippen LogP contribution in [0.15, 0.2) is 5.38 Å². The van der Waals surface area contributed by atoms with Crippen molar-refractivity contribution in [3.63, 3.8) is 0 Å². The molecule has 1 aromatic rings. The summed E-state index contributed by atoms with van der Waals surface area (Å²) in [5, 5.41) is 6.92. The first-order chi connectivity index (χ1) is 8.74. The zero-order valence-corrected chi connectivity index (χ0v) is 11.9. The summed E-state index contributed by atoms with van der Waals surface area (Å²) in [6, 6.07) is 0.456. The van der Waals surface area contributed by atoms with Crippen molar-refractivity contribution in [2.24, 2.45) is 23.5 Å². The Morgan fingerprint density at radius 1 is 1.44 bits per heavy atom. The average molecular weight is 265 g/mol. The number of aryl methyl sites for hydroxylation is 1. The second kappa shape index (κ2) is 5.27. The highest BCUT2D eigenvalue weighted by Gasteiger charge is 2.45. The number of thiazole rings is 1. The molecule has 18 heavy (non-hydrogen) atoms. The van der Waals surface area contributed by atoms with Crippen molar-refractivity contribution in [1.82, 2.24) is 10.3 Å². The maximum absolute atomic E-state index is 6.31. The van der Waals surface area contributed by atoms with E-state index in [9.17, 15) is 0 Å². The molecule has 100 valence electrons. The first-order valence-corrected chi connectivity index (χ1v) is 7.99. The Morgan fingerprint density at radius 2 is 2.28 bits per heavy atom. The van der Waals surface area contributed by atoms with Gasteiger partial charge in [0.2, 0.25) is 0 Å². The minimum atomic E-state index is 0.456. The Balaban J connectivity index is 1.40. The average Bonchev–Trinajstić information content (AvgIpc) is 3.03. The molecule has 3 rings (SSSR count). The molecule has 3 N–H and O–H groups in total. The van der Waals surface area contributed by atoms with Crippen molar-refractivity contribution >= 4 is 11.3 Å². The van der Waals surface area contributed by atoms with Crippen LogP contribution in [-0.4, -0.2) is 24.1 Å². The Kier molecular flexibility index (Phi) is 3.68. The SMILES string of the molecule is Cc1nc(CCNCC2C3CCC(C3)C2N)cs1. The van der Waals surface area contributed by atoms with Gasteiger partial charge in [-0.3, -0.25) is 0 Å². The van der Waals surface area contributed by atoms with E-state index in [1.165, 1.54) is 30.0 Å². The van der Waals surface area contributed by atoms with Gasteiger partial charge in [0.1, 0.15) is 0 Å². The predicted octanol–water partition coefficient (Wildman–Crippen LogP) is 1.96. The highest BCUT2D eigenvalue weighted by molar-refractivity contribution is 7.09. The molecule has 2 aliphatic carbocycles. The molecule has 4 unspecified atom stereocenters. The summed E-state index contributed by atoms with van der Waals surface area (Å²) in [4.78, 5) is 4.49. The Hall–Kier alpha value is -0.450. The van der Waals surface area contributed by atoms with Gasteiger partial charge >= 0.3 is 0 Å². The van der Waals surface area contributed by atoms with Gasteiger partial charge in [-0.1, -0.05) is 0 Å². The third-order valence-electron chi connectivity index (χ3n) is 4.76. The van der Waals surface area contributed by atoms with Crippen LogP contribution in [0.3, 0.4) is 0 Å². The van der Waals surface area contributed by atoms with E-state index < -0.39 is 0 Å².